The van der Waals surface area contributed by atoms with Crippen LogP contribution in [0.1, 0.15) is 18.4 Å². The molecular weight excluding hydrogens is 301 g/mol. The SMILES string of the molecule is CN(Cc1cc(Br)ccc1F)C(=O)C1CCCO1. The predicted octanol–water partition coefficient (Wildman–Crippen LogP) is 2.73. The molecule has 1 atom stereocenters. The Labute approximate surface area is 114 Å². The summed E-state index contributed by atoms with van der Waals surface area (Å²) in [4.78, 5) is 13.5. The molecule has 98 valence electrons. The molecule has 0 spiro atoms. The highest BCUT2D eigenvalue weighted by Crippen LogP contribution is 2.19. The first kappa shape index (κ1) is 13.5. The molecule has 5 heteroatoms. The summed E-state index contributed by atoms with van der Waals surface area (Å²) in [6.45, 7) is 0.888. The van der Waals surface area contributed by atoms with Crippen molar-refractivity contribution in [3.05, 3.63) is 34.1 Å². The topological polar surface area (TPSA) is 29.5 Å². The lowest BCUT2D eigenvalue weighted by molar-refractivity contribution is -0.140. The molecule has 2 rings (SSSR count). The molecule has 1 unspecified atom stereocenters. The van der Waals surface area contributed by atoms with Crippen LogP contribution in [0.25, 0.3) is 0 Å². The fourth-order valence-electron chi connectivity index (χ4n) is 2.02. The minimum atomic E-state index is -0.356. The van der Waals surface area contributed by atoms with Gasteiger partial charge in [0.15, 0.2) is 0 Å². The van der Waals surface area contributed by atoms with Gasteiger partial charge < -0.3 is 9.64 Å². The summed E-state index contributed by atoms with van der Waals surface area (Å²) in [7, 11) is 1.67. The molecule has 0 bridgehead atoms. The summed E-state index contributed by atoms with van der Waals surface area (Å²) in [5.74, 6) is -0.378. The Balaban J connectivity index is 2.03. The summed E-state index contributed by atoms with van der Waals surface area (Å²) in [6.07, 6.45) is 1.31. The molecule has 1 amide bonds. The maximum absolute atomic E-state index is 13.6. The van der Waals surface area contributed by atoms with E-state index >= 15 is 0 Å². The smallest absolute Gasteiger partial charge is 0.251 e. The number of likely N-dealkylation sites (N-methyl/N-ethyl adjacent to an activating group) is 1. The molecule has 0 aromatic heterocycles. The van der Waals surface area contributed by atoms with Gasteiger partial charge in [0.05, 0.1) is 0 Å². The van der Waals surface area contributed by atoms with Gasteiger partial charge in [0.25, 0.3) is 5.91 Å². The summed E-state index contributed by atoms with van der Waals surface area (Å²) in [6, 6.07) is 4.72. The minimum absolute atomic E-state index is 0.0770. The largest absolute Gasteiger partial charge is 0.368 e. The highest BCUT2D eigenvalue weighted by Gasteiger charge is 2.26. The van der Waals surface area contributed by atoms with Crippen molar-refractivity contribution in [1.82, 2.24) is 4.90 Å². The van der Waals surface area contributed by atoms with Crippen molar-refractivity contribution in [2.75, 3.05) is 13.7 Å². The predicted molar refractivity (Wildman–Crippen MR) is 69.5 cm³/mol. The quantitative estimate of drug-likeness (QED) is 0.858. The fraction of sp³-hybridized carbons (Fsp3) is 0.462. The molecule has 1 aromatic carbocycles. The zero-order chi connectivity index (χ0) is 13.1. The molecule has 0 N–H and O–H groups in total. The van der Waals surface area contributed by atoms with E-state index in [0.717, 1.165) is 17.3 Å². The second-order valence-corrected chi connectivity index (χ2v) is 5.35. The standard InChI is InChI=1S/C13H15BrFNO2/c1-16(13(17)12-3-2-6-18-12)8-9-7-10(14)4-5-11(9)15/h4-5,7,12H,2-3,6,8H2,1H3. The molecule has 18 heavy (non-hydrogen) atoms. The molecule has 0 aliphatic carbocycles. The monoisotopic (exact) mass is 315 g/mol. The van der Waals surface area contributed by atoms with Gasteiger partial charge in [0, 0.05) is 30.2 Å². The van der Waals surface area contributed by atoms with Gasteiger partial charge in [-0.15, -0.1) is 0 Å². The van der Waals surface area contributed by atoms with Gasteiger partial charge in [-0.2, -0.15) is 0 Å². The van der Waals surface area contributed by atoms with E-state index in [4.69, 9.17) is 4.74 Å². The lowest BCUT2D eigenvalue weighted by Crippen LogP contribution is -2.35. The lowest BCUT2D eigenvalue weighted by atomic mass is 10.1. The Morgan fingerprint density at radius 1 is 1.61 bits per heavy atom. The number of hydrogen-bond acceptors (Lipinski definition) is 2. The van der Waals surface area contributed by atoms with Crippen LogP contribution in [0.4, 0.5) is 4.39 Å². The first-order valence-electron chi connectivity index (χ1n) is 5.88. The van der Waals surface area contributed by atoms with E-state index in [1.54, 1.807) is 19.2 Å². The molecule has 0 saturated carbocycles. The second kappa shape index (κ2) is 5.80. The fourth-order valence-corrected chi connectivity index (χ4v) is 2.42. The second-order valence-electron chi connectivity index (χ2n) is 4.43. The van der Waals surface area contributed by atoms with Crippen molar-refractivity contribution in [2.24, 2.45) is 0 Å². The highest BCUT2D eigenvalue weighted by molar-refractivity contribution is 9.10. The van der Waals surface area contributed by atoms with Crippen LogP contribution in [0, 0.1) is 5.82 Å². The molecule has 0 radical (unpaired) electrons. The Kier molecular flexibility index (Phi) is 4.35. The van der Waals surface area contributed by atoms with Crippen LogP contribution in [0.3, 0.4) is 0 Å². The van der Waals surface area contributed by atoms with Crippen LogP contribution in [0.15, 0.2) is 22.7 Å². The molecule has 1 saturated heterocycles. The molecule has 1 fully saturated rings. The van der Waals surface area contributed by atoms with Crippen LogP contribution in [0.5, 0.6) is 0 Å². The van der Waals surface area contributed by atoms with Gasteiger partial charge in [0.2, 0.25) is 0 Å². The molecular formula is C13H15BrFNO2. The van der Waals surface area contributed by atoms with Crippen LogP contribution in [-0.4, -0.2) is 30.6 Å². The summed E-state index contributed by atoms with van der Waals surface area (Å²) in [5.41, 5.74) is 0.498. The number of carbonyl (C=O) groups excluding carboxylic acids is 1. The van der Waals surface area contributed by atoms with Crippen LogP contribution in [-0.2, 0) is 16.1 Å². The van der Waals surface area contributed by atoms with Crippen LogP contribution in [0.2, 0.25) is 0 Å². The lowest BCUT2D eigenvalue weighted by Gasteiger charge is -2.21. The zero-order valence-electron chi connectivity index (χ0n) is 10.2. The molecule has 1 heterocycles. The van der Waals surface area contributed by atoms with Gasteiger partial charge in [-0.05, 0) is 31.0 Å². The number of nitrogens with zero attached hydrogens (tertiary/aromatic N) is 1. The first-order chi connectivity index (χ1) is 8.58. The number of carbonyl (C=O) groups is 1. The number of rotatable bonds is 3. The Hall–Kier alpha value is -0.940. The summed E-state index contributed by atoms with van der Waals surface area (Å²) < 4.78 is 19.7. The van der Waals surface area contributed by atoms with E-state index in [1.807, 2.05) is 0 Å². The van der Waals surface area contributed by atoms with Gasteiger partial charge in [-0.3, -0.25) is 4.79 Å². The number of halogens is 2. The third-order valence-electron chi connectivity index (χ3n) is 3.00. The number of hydrogen-bond donors (Lipinski definition) is 0. The maximum atomic E-state index is 13.6. The molecule has 1 aliphatic rings. The first-order valence-corrected chi connectivity index (χ1v) is 6.68. The van der Waals surface area contributed by atoms with Crippen LogP contribution >= 0.6 is 15.9 Å². The maximum Gasteiger partial charge on any atom is 0.251 e. The third-order valence-corrected chi connectivity index (χ3v) is 3.49. The van der Waals surface area contributed by atoms with Gasteiger partial charge in [-0.1, -0.05) is 15.9 Å². The Morgan fingerprint density at radius 2 is 2.39 bits per heavy atom. The van der Waals surface area contributed by atoms with Gasteiger partial charge >= 0.3 is 0 Å². The average molecular weight is 316 g/mol. The van der Waals surface area contributed by atoms with Crippen molar-refractivity contribution in [1.29, 1.82) is 0 Å². The minimum Gasteiger partial charge on any atom is -0.368 e. The van der Waals surface area contributed by atoms with Crippen molar-refractivity contribution < 1.29 is 13.9 Å². The van der Waals surface area contributed by atoms with Gasteiger partial charge in [-0.25, -0.2) is 4.39 Å². The van der Waals surface area contributed by atoms with E-state index in [-0.39, 0.29) is 24.4 Å². The van der Waals surface area contributed by atoms with Crippen molar-refractivity contribution in [2.45, 2.75) is 25.5 Å². The normalized spacial score (nSPS) is 18.9. The van der Waals surface area contributed by atoms with E-state index in [1.165, 1.54) is 11.0 Å². The molecule has 3 nitrogen and oxygen atoms in total. The third kappa shape index (κ3) is 3.09. The van der Waals surface area contributed by atoms with Crippen molar-refractivity contribution >= 4 is 21.8 Å². The summed E-state index contributed by atoms with van der Waals surface area (Å²) in [5, 5.41) is 0. The van der Waals surface area contributed by atoms with E-state index < -0.39 is 0 Å². The van der Waals surface area contributed by atoms with Crippen molar-refractivity contribution in [3.8, 4) is 0 Å². The van der Waals surface area contributed by atoms with E-state index in [9.17, 15) is 9.18 Å². The number of ether oxygens (including phenoxy) is 1. The van der Waals surface area contributed by atoms with E-state index in [2.05, 4.69) is 15.9 Å². The van der Waals surface area contributed by atoms with Gasteiger partial charge in [0.1, 0.15) is 11.9 Å². The molecule has 1 aromatic rings. The Bertz CT molecular complexity index is 447. The number of amides is 1. The number of benzene rings is 1. The van der Waals surface area contributed by atoms with Crippen LogP contribution < -0.4 is 0 Å². The molecule has 1 aliphatic heterocycles. The van der Waals surface area contributed by atoms with E-state index in [0.29, 0.717) is 12.2 Å². The Morgan fingerprint density at radius 3 is 3.06 bits per heavy atom. The summed E-state index contributed by atoms with van der Waals surface area (Å²) >= 11 is 3.29. The average Bonchev–Trinajstić information content (AvgIpc) is 2.86. The zero-order valence-corrected chi connectivity index (χ0v) is 11.7. The van der Waals surface area contributed by atoms with Crippen molar-refractivity contribution in [3.63, 3.8) is 0 Å². The highest BCUT2D eigenvalue weighted by atomic mass is 79.9.